The van der Waals surface area contributed by atoms with Crippen molar-refractivity contribution in [3.63, 3.8) is 0 Å². The minimum atomic E-state index is -5.72. The van der Waals surface area contributed by atoms with Gasteiger partial charge in [-0.15, -0.1) is 0 Å². The average Bonchev–Trinajstić information content (AvgIpc) is 2.70. The van der Waals surface area contributed by atoms with Crippen LogP contribution in [-0.2, 0) is 17.8 Å². The summed E-state index contributed by atoms with van der Waals surface area (Å²) in [6.45, 7) is 3.50. The van der Waals surface area contributed by atoms with Gasteiger partial charge in [0.2, 0.25) is 5.88 Å². The van der Waals surface area contributed by atoms with Crippen LogP contribution in [0, 0.1) is 5.41 Å². The standard InChI is InChI=1S/C21H22F5N3O3/c1-19(2,3)16(30)9-15-8-14(6-7-27-15)18(31)29-11-13-4-5-17(28-10-13)32-12-20(22,23)21(24,25)26/h4-8,10H,9,11-12H2,1-3H3,(H,29,31). The summed E-state index contributed by atoms with van der Waals surface area (Å²) < 4.78 is 66.6. The molecule has 0 atom stereocenters. The van der Waals surface area contributed by atoms with Crippen LogP contribution in [0.4, 0.5) is 22.0 Å². The molecule has 0 aliphatic heterocycles. The molecule has 2 aromatic heterocycles. The van der Waals surface area contributed by atoms with E-state index >= 15 is 0 Å². The number of halogens is 5. The first-order chi connectivity index (χ1) is 14.7. The van der Waals surface area contributed by atoms with Gasteiger partial charge in [-0.05, 0) is 17.7 Å². The molecule has 0 saturated carbocycles. The van der Waals surface area contributed by atoms with Crippen LogP contribution in [0.3, 0.4) is 0 Å². The topological polar surface area (TPSA) is 81.2 Å². The molecular weight excluding hydrogens is 437 g/mol. The second kappa shape index (κ2) is 9.58. The fraction of sp³-hybridized carbons (Fsp3) is 0.429. The third-order valence-electron chi connectivity index (χ3n) is 4.32. The van der Waals surface area contributed by atoms with Gasteiger partial charge in [0, 0.05) is 48.1 Å². The summed E-state index contributed by atoms with van der Waals surface area (Å²) in [6, 6.07) is 5.48. The highest BCUT2D eigenvalue weighted by Crippen LogP contribution is 2.35. The Morgan fingerprint density at radius 1 is 1.03 bits per heavy atom. The zero-order valence-corrected chi connectivity index (χ0v) is 17.6. The maximum atomic E-state index is 12.9. The van der Waals surface area contributed by atoms with Crippen molar-refractivity contribution in [2.75, 3.05) is 6.61 Å². The van der Waals surface area contributed by atoms with Gasteiger partial charge in [-0.25, -0.2) is 4.98 Å². The lowest BCUT2D eigenvalue weighted by Crippen LogP contribution is -2.41. The van der Waals surface area contributed by atoms with Gasteiger partial charge in [-0.3, -0.25) is 14.6 Å². The number of alkyl halides is 5. The number of carbonyl (C=O) groups is 2. The maximum Gasteiger partial charge on any atom is 0.456 e. The predicted molar refractivity (Wildman–Crippen MR) is 104 cm³/mol. The van der Waals surface area contributed by atoms with Gasteiger partial charge in [0.15, 0.2) is 6.61 Å². The van der Waals surface area contributed by atoms with Crippen LogP contribution in [0.5, 0.6) is 5.88 Å². The Morgan fingerprint density at radius 2 is 1.72 bits per heavy atom. The molecule has 174 valence electrons. The normalized spacial score (nSPS) is 12.4. The van der Waals surface area contributed by atoms with E-state index < -0.39 is 35.9 Å². The number of aromatic nitrogens is 2. The molecule has 0 aromatic carbocycles. The van der Waals surface area contributed by atoms with E-state index in [-0.39, 0.29) is 18.7 Å². The van der Waals surface area contributed by atoms with Gasteiger partial charge in [0.05, 0.1) is 0 Å². The fourth-order valence-electron chi connectivity index (χ4n) is 2.28. The molecule has 0 aliphatic carbocycles. The second-order valence-electron chi connectivity index (χ2n) is 8.06. The zero-order chi connectivity index (χ0) is 24.2. The molecule has 0 saturated heterocycles. The Morgan fingerprint density at radius 3 is 2.28 bits per heavy atom. The summed E-state index contributed by atoms with van der Waals surface area (Å²) in [4.78, 5) is 32.3. The van der Waals surface area contributed by atoms with Gasteiger partial charge in [-0.1, -0.05) is 26.8 Å². The van der Waals surface area contributed by atoms with E-state index in [9.17, 15) is 31.5 Å². The first-order valence-electron chi connectivity index (χ1n) is 9.48. The SMILES string of the molecule is CC(C)(C)C(=O)Cc1cc(C(=O)NCc2ccc(OCC(F)(F)C(F)(F)F)nc2)ccn1. The molecule has 2 aromatic rings. The van der Waals surface area contributed by atoms with Crippen molar-refractivity contribution in [1.82, 2.24) is 15.3 Å². The van der Waals surface area contributed by atoms with Crippen molar-refractivity contribution < 1.29 is 36.3 Å². The molecule has 2 rings (SSSR count). The van der Waals surface area contributed by atoms with Crippen LogP contribution < -0.4 is 10.1 Å². The van der Waals surface area contributed by atoms with Crippen LogP contribution in [0.25, 0.3) is 0 Å². The summed E-state index contributed by atoms with van der Waals surface area (Å²) in [6.07, 6.45) is -3.03. The van der Waals surface area contributed by atoms with E-state index in [1.54, 1.807) is 20.8 Å². The van der Waals surface area contributed by atoms with Crippen molar-refractivity contribution in [2.45, 2.75) is 45.8 Å². The molecule has 0 unspecified atom stereocenters. The van der Waals surface area contributed by atoms with Crippen molar-refractivity contribution >= 4 is 11.7 Å². The van der Waals surface area contributed by atoms with E-state index in [1.165, 1.54) is 30.6 Å². The monoisotopic (exact) mass is 459 g/mol. The number of ketones is 1. The number of pyridine rings is 2. The lowest BCUT2D eigenvalue weighted by Gasteiger charge is -2.19. The number of nitrogens with zero attached hydrogens (tertiary/aromatic N) is 2. The number of ether oxygens (including phenoxy) is 1. The quantitative estimate of drug-likeness (QED) is 0.600. The highest BCUT2D eigenvalue weighted by Gasteiger charge is 2.58. The first kappa shape index (κ1) is 25.2. The molecule has 0 spiro atoms. The van der Waals surface area contributed by atoms with Crippen molar-refractivity contribution in [3.8, 4) is 5.88 Å². The summed E-state index contributed by atoms with van der Waals surface area (Å²) in [5.74, 6) is -5.88. The molecule has 1 N–H and O–H groups in total. The Labute approximate surface area is 181 Å². The van der Waals surface area contributed by atoms with Crippen LogP contribution in [0.15, 0.2) is 36.7 Å². The molecule has 11 heteroatoms. The number of hydrogen-bond donors (Lipinski definition) is 1. The molecule has 0 bridgehead atoms. The summed E-state index contributed by atoms with van der Waals surface area (Å²) in [5.41, 5.74) is 0.673. The third-order valence-corrected chi connectivity index (χ3v) is 4.32. The molecule has 0 fully saturated rings. The van der Waals surface area contributed by atoms with Gasteiger partial charge in [0.25, 0.3) is 5.91 Å². The summed E-state index contributed by atoms with van der Waals surface area (Å²) in [7, 11) is 0. The zero-order valence-electron chi connectivity index (χ0n) is 17.6. The third kappa shape index (κ3) is 6.96. The number of amides is 1. The number of nitrogens with one attached hydrogen (secondary N) is 1. The minimum absolute atomic E-state index is 0.0173. The Hall–Kier alpha value is -3.11. The first-order valence-corrected chi connectivity index (χ1v) is 9.48. The van der Waals surface area contributed by atoms with Gasteiger partial charge < -0.3 is 10.1 Å². The van der Waals surface area contributed by atoms with Crippen LogP contribution in [-0.4, -0.2) is 40.4 Å². The highest BCUT2D eigenvalue weighted by atomic mass is 19.4. The largest absolute Gasteiger partial charge is 0.471 e. The fourth-order valence-corrected chi connectivity index (χ4v) is 2.28. The lowest BCUT2D eigenvalue weighted by molar-refractivity contribution is -0.290. The number of Topliss-reactive ketones (excluding diaryl/α,β-unsaturated/α-hetero) is 1. The minimum Gasteiger partial charge on any atom is -0.471 e. The Bertz CT molecular complexity index is 954. The smallest absolute Gasteiger partial charge is 0.456 e. The van der Waals surface area contributed by atoms with Gasteiger partial charge in [-0.2, -0.15) is 22.0 Å². The van der Waals surface area contributed by atoms with E-state index in [0.717, 1.165) is 6.07 Å². The molecule has 0 aliphatic rings. The van der Waals surface area contributed by atoms with Crippen molar-refractivity contribution in [1.29, 1.82) is 0 Å². The maximum absolute atomic E-state index is 12.9. The van der Waals surface area contributed by atoms with E-state index in [2.05, 4.69) is 20.0 Å². The predicted octanol–water partition coefficient (Wildman–Crippen LogP) is 4.14. The van der Waals surface area contributed by atoms with Crippen molar-refractivity contribution in [3.05, 3.63) is 53.5 Å². The molecule has 6 nitrogen and oxygen atoms in total. The summed E-state index contributed by atoms with van der Waals surface area (Å²) in [5, 5.41) is 2.62. The van der Waals surface area contributed by atoms with Gasteiger partial charge >= 0.3 is 12.1 Å². The molecule has 1 amide bonds. The Balaban J connectivity index is 1.92. The number of rotatable bonds is 8. The van der Waals surface area contributed by atoms with Crippen LogP contribution >= 0.6 is 0 Å². The van der Waals surface area contributed by atoms with Crippen LogP contribution in [0.2, 0.25) is 0 Å². The molecule has 0 radical (unpaired) electrons. The second-order valence-corrected chi connectivity index (χ2v) is 8.06. The number of carbonyl (C=O) groups excluding carboxylic acids is 2. The Kier molecular flexibility index (Phi) is 7.53. The highest BCUT2D eigenvalue weighted by molar-refractivity contribution is 5.94. The molecule has 2 heterocycles. The molecular formula is C21H22F5N3O3. The van der Waals surface area contributed by atoms with E-state index in [1.807, 2.05) is 0 Å². The van der Waals surface area contributed by atoms with Crippen molar-refractivity contribution in [2.24, 2.45) is 5.41 Å². The van der Waals surface area contributed by atoms with Gasteiger partial charge in [0.1, 0.15) is 5.78 Å². The average molecular weight is 459 g/mol. The van der Waals surface area contributed by atoms with E-state index in [4.69, 9.17) is 0 Å². The number of hydrogen-bond acceptors (Lipinski definition) is 5. The lowest BCUT2D eigenvalue weighted by atomic mass is 9.88. The summed E-state index contributed by atoms with van der Waals surface area (Å²) >= 11 is 0. The molecule has 32 heavy (non-hydrogen) atoms. The van der Waals surface area contributed by atoms with Crippen LogP contribution in [0.1, 0.15) is 42.4 Å². The van der Waals surface area contributed by atoms with E-state index in [0.29, 0.717) is 16.8 Å².